The SMILES string of the molecule is C1=Cc2c3c(cc4sc5cc(-c6ccc([PH+](c7cccc8ccccc78)c7cccc8ccccc78)cc6)ccc5c24)-c2c(c(-c4ccccc4)c4ccccc4c2-c2ccccc2)C3C1. The molecule has 2 aliphatic carbocycles. The smallest absolute Gasteiger partial charge is 0.110 e. The minimum Gasteiger partial charge on any atom is -0.135 e. The third kappa shape index (κ3) is 5.74. The van der Waals surface area contributed by atoms with Crippen LogP contribution in [0.3, 0.4) is 0 Å². The highest BCUT2D eigenvalue weighted by Crippen LogP contribution is 2.61. The summed E-state index contributed by atoms with van der Waals surface area (Å²) in [4.78, 5) is 0. The Morgan fingerprint density at radius 3 is 1.62 bits per heavy atom. The van der Waals surface area contributed by atoms with Gasteiger partial charge in [0.05, 0.1) is 7.92 Å². The highest BCUT2D eigenvalue weighted by Gasteiger charge is 2.39. The van der Waals surface area contributed by atoms with Crippen molar-refractivity contribution in [2.45, 2.75) is 12.3 Å². The van der Waals surface area contributed by atoms with Crippen molar-refractivity contribution in [2.24, 2.45) is 0 Å². The zero-order chi connectivity index (χ0) is 43.3. The van der Waals surface area contributed by atoms with Crippen LogP contribution in [0.25, 0.3) is 103 Å². The lowest BCUT2D eigenvalue weighted by Crippen LogP contribution is -2.22. The quantitative estimate of drug-likeness (QED) is 0.146. The molecule has 66 heavy (non-hydrogen) atoms. The van der Waals surface area contributed by atoms with Gasteiger partial charge in [0.1, 0.15) is 15.9 Å². The van der Waals surface area contributed by atoms with Crippen molar-refractivity contribution in [2.75, 3.05) is 0 Å². The second-order valence-electron chi connectivity index (χ2n) is 18.0. The maximum Gasteiger partial charge on any atom is 0.110 e. The molecule has 0 saturated carbocycles. The Balaban J connectivity index is 0.927. The van der Waals surface area contributed by atoms with Gasteiger partial charge in [0.2, 0.25) is 0 Å². The van der Waals surface area contributed by atoms with Crippen molar-refractivity contribution in [3.63, 3.8) is 0 Å². The zero-order valence-electron chi connectivity index (χ0n) is 36.1. The third-order valence-electron chi connectivity index (χ3n) is 14.5. The molecule has 0 radical (unpaired) electrons. The van der Waals surface area contributed by atoms with Crippen LogP contribution in [-0.4, -0.2) is 0 Å². The Morgan fingerprint density at radius 2 is 0.955 bits per heavy atom. The average Bonchev–Trinajstić information content (AvgIpc) is 3.92. The lowest BCUT2D eigenvalue weighted by atomic mass is 9.79. The van der Waals surface area contributed by atoms with Crippen LogP contribution in [0.15, 0.2) is 224 Å². The van der Waals surface area contributed by atoms with Crippen LogP contribution in [0.2, 0.25) is 0 Å². The maximum absolute atomic E-state index is 2.56. The van der Waals surface area contributed by atoms with E-state index in [-0.39, 0.29) is 5.92 Å². The second-order valence-corrected chi connectivity index (χ2v) is 21.4. The number of rotatable bonds is 6. The van der Waals surface area contributed by atoms with Crippen molar-refractivity contribution in [1.29, 1.82) is 0 Å². The van der Waals surface area contributed by atoms with Crippen LogP contribution in [0.5, 0.6) is 0 Å². The van der Waals surface area contributed by atoms with Crippen molar-refractivity contribution < 1.29 is 0 Å². The van der Waals surface area contributed by atoms with E-state index in [9.17, 15) is 0 Å². The Morgan fingerprint density at radius 1 is 0.394 bits per heavy atom. The molecule has 0 N–H and O–H groups in total. The first-order chi connectivity index (χ1) is 32.8. The minimum atomic E-state index is -1.37. The molecule has 1 aromatic heterocycles. The largest absolute Gasteiger partial charge is 0.135 e. The van der Waals surface area contributed by atoms with E-state index in [1.165, 1.54) is 130 Å². The third-order valence-corrected chi connectivity index (χ3v) is 18.4. The monoisotopic (exact) mass is 873 g/mol. The number of fused-ring (bicyclic) bond motifs is 10. The van der Waals surface area contributed by atoms with Crippen molar-refractivity contribution in [3.05, 3.63) is 241 Å². The molecule has 0 aliphatic heterocycles. The summed E-state index contributed by atoms with van der Waals surface area (Å²) in [5, 5.41) is 14.9. The Kier molecular flexibility index (Phi) is 8.66. The van der Waals surface area contributed by atoms with Gasteiger partial charge in [-0.05, 0) is 126 Å². The number of hydrogen-bond acceptors (Lipinski definition) is 1. The number of allylic oxidation sites excluding steroid dienone is 1. The molecule has 11 aromatic carbocycles. The Bertz CT molecular complexity index is 3860. The summed E-state index contributed by atoms with van der Waals surface area (Å²) in [6.07, 6.45) is 5.89. The molecule has 1 atom stereocenters. The van der Waals surface area contributed by atoms with E-state index in [1.54, 1.807) is 0 Å². The van der Waals surface area contributed by atoms with Crippen molar-refractivity contribution >= 4 is 93.7 Å². The summed E-state index contributed by atoms with van der Waals surface area (Å²) in [7, 11) is -1.37. The summed E-state index contributed by atoms with van der Waals surface area (Å²) < 4.78 is 2.69. The molecule has 12 aromatic rings. The average molecular weight is 874 g/mol. The second kappa shape index (κ2) is 15.1. The lowest BCUT2D eigenvalue weighted by Gasteiger charge is -2.23. The van der Waals surface area contributed by atoms with Gasteiger partial charge in [0.15, 0.2) is 0 Å². The molecule has 0 bridgehead atoms. The first kappa shape index (κ1) is 37.9. The number of hydrogen-bond donors (Lipinski definition) is 0. The number of benzene rings is 11. The van der Waals surface area contributed by atoms with Gasteiger partial charge in [-0.2, -0.15) is 0 Å². The van der Waals surface area contributed by atoms with E-state index in [1.807, 2.05) is 11.3 Å². The molecule has 1 unspecified atom stereocenters. The van der Waals surface area contributed by atoms with Gasteiger partial charge in [-0.15, -0.1) is 11.3 Å². The Hall–Kier alpha value is -7.41. The summed E-state index contributed by atoms with van der Waals surface area (Å²) in [6, 6.07) is 82.2. The van der Waals surface area contributed by atoms with Crippen LogP contribution in [0, 0.1) is 0 Å². The van der Waals surface area contributed by atoms with Gasteiger partial charge >= 0.3 is 0 Å². The van der Waals surface area contributed by atoms with Crippen LogP contribution in [0.4, 0.5) is 0 Å². The van der Waals surface area contributed by atoms with E-state index in [0.717, 1.165) is 6.42 Å². The van der Waals surface area contributed by atoms with Gasteiger partial charge in [0, 0.05) is 36.9 Å². The molecule has 0 fully saturated rings. The molecular formula is C64H42PS+. The Labute approximate surface area is 389 Å². The summed E-state index contributed by atoms with van der Waals surface area (Å²) in [5.41, 5.74) is 15.0. The van der Waals surface area contributed by atoms with E-state index in [0.29, 0.717) is 0 Å². The predicted molar refractivity (Wildman–Crippen MR) is 289 cm³/mol. The predicted octanol–water partition coefficient (Wildman–Crippen LogP) is 16.5. The van der Waals surface area contributed by atoms with E-state index in [2.05, 4.69) is 231 Å². The molecule has 2 heteroatoms. The fraction of sp³-hybridized carbons (Fsp3) is 0.0312. The van der Waals surface area contributed by atoms with E-state index < -0.39 is 7.92 Å². The molecule has 14 rings (SSSR count). The highest BCUT2D eigenvalue weighted by atomic mass is 32.1. The standard InChI is InChI=1S/C64H41PS/c1-3-18-43(19-4-1)59-49-26-11-12-27-50(49)60(44-20-5-2-6-21-44)64-54-39-58-62(52-28-15-29-53(61(52)54)63(59)64)51-37-34-45(38-57(51)66-58)40-32-35-46(36-33-40)65(55-30-13-22-41-16-7-9-24-47(41)55)56-31-14-23-42-17-8-10-25-48(42)56/h1-28,30-39,53H,29H2/p+1. The first-order valence-corrected chi connectivity index (χ1v) is 25.4. The molecule has 308 valence electrons. The van der Waals surface area contributed by atoms with Gasteiger partial charge < -0.3 is 0 Å². The van der Waals surface area contributed by atoms with Crippen molar-refractivity contribution in [3.8, 4) is 44.5 Å². The van der Waals surface area contributed by atoms with Crippen LogP contribution in [-0.2, 0) is 0 Å². The molecule has 2 aliphatic rings. The van der Waals surface area contributed by atoms with Gasteiger partial charge in [-0.25, -0.2) is 0 Å². The van der Waals surface area contributed by atoms with E-state index >= 15 is 0 Å². The van der Waals surface area contributed by atoms with Gasteiger partial charge in [-0.3, -0.25) is 0 Å². The van der Waals surface area contributed by atoms with Gasteiger partial charge in [0.25, 0.3) is 0 Å². The van der Waals surface area contributed by atoms with Gasteiger partial charge in [-0.1, -0.05) is 194 Å². The lowest BCUT2D eigenvalue weighted by molar-refractivity contribution is 0.849. The molecular weight excluding hydrogens is 832 g/mol. The fourth-order valence-electron chi connectivity index (χ4n) is 11.7. The molecule has 1 heterocycles. The normalized spacial score (nSPS) is 13.9. The summed E-state index contributed by atoms with van der Waals surface area (Å²) >= 11 is 1.95. The van der Waals surface area contributed by atoms with E-state index in [4.69, 9.17) is 0 Å². The molecule has 0 nitrogen and oxygen atoms in total. The first-order valence-electron chi connectivity index (χ1n) is 23.1. The minimum absolute atomic E-state index is 0.281. The van der Waals surface area contributed by atoms with Crippen LogP contribution < -0.4 is 15.9 Å². The van der Waals surface area contributed by atoms with Crippen LogP contribution >= 0.6 is 19.3 Å². The maximum atomic E-state index is 2.56. The number of thiophene rings is 1. The zero-order valence-corrected chi connectivity index (χ0v) is 37.9. The fourth-order valence-corrected chi connectivity index (χ4v) is 15.8. The molecule has 0 spiro atoms. The highest BCUT2D eigenvalue weighted by molar-refractivity contribution is 7.80. The van der Waals surface area contributed by atoms with Crippen molar-refractivity contribution in [1.82, 2.24) is 0 Å². The topological polar surface area (TPSA) is 0 Å². The van der Waals surface area contributed by atoms with Crippen LogP contribution in [0.1, 0.15) is 29.0 Å². The summed E-state index contributed by atoms with van der Waals surface area (Å²) in [5.74, 6) is 0.281. The molecule has 0 amide bonds. The molecule has 0 saturated heterocycles. The summed E-state index contributed by atoms with van der Waals surface area (Å²) in [6.45, 7) is 0.